The lowest BCUT2D eigenvalue weighted by atomic mass is 9.89. The molecule has 0 aromatic carbocycles. The molecule has 1 atom stereocenters. The third kappa shape index (κ3) is 6.83. The van der Waals surface area contributed by atoms with Crippen LogP contribution in [0.2, 0.25) is 0 Å². The average Bonchev–Trinajstić information content (AvgIpc) is 2.76. The fraction of sp³-hybridized carbons (Fsp3) is 0.565. The van der Waals surface area contributed by atoms with Crippen LogP contribution < -0.4 is 10.2 Å². The number of alkyl halides is 2. The number of nitrogens with zero attached hydrogens (tertiary/aromatic N) is 4. The van der Waals surface area contributed by atoms with E-state index in [1.807, 2.05) is 6.07 Å². The zero-order valence-corrected chi connectivity index (χ0v) is 18.7. The van der Waals surface area contributed by atoms with Crippen LogP contribution in [0.15, 0.2) is 24.5 Å². The van der Waals surface area contributed by atoms with Gasteiger partial charge in [-0.15, -0.1) is 0 Å². The van der Waals surface area contributed by atoms with E-state index in [-0.39, 0.29) is 12.8 Å². The van der Waals surface area contributed by atoms with Crippen molar-refractivity contribution < 1.29 is 18.7 Å². The number of aromatic nitrogens is 3. The molecule has 3 rings (SSSR count). The highest BCUT2D eigenvalue weighted by Crippen LogP contribution is 2.36. The van der Waals surface area contributed by atoms with Gasteiger partial charge in [0, 0.05) is 57.5 Å². The molecular formula is C23H31F2N5O2. The Bertz CT molecular complexity index is 906. The fourth-order valence-electron chi connectivity index (χ4n) is 3.95. The lowest BCUT2D eigenvalue weighted by Gasteiger charge is -2.23. The molecule has 174 valence electrons. The maximum Gasteiger partial charge on any atom is 0.303 e. The lowest BCUT2D eigenvalue weighted by molar-refractivity contribution is -0.138. The van der Waals surface area contributed by atoms with Gasteiger partial charge in [0.2, 0.25) is 11.9 Å². The SMILES string of the molecule is CN(C)c1ncc([C@@H](CC(=O)O)CC(F)(F)CCCCc2ccc3c(n2)NCCC3)cn1. The Morgan fingerprint density at radius 1 is 1.25 bits per heavy atom. The van der Waals surface area contributed by atoms with Gasteiger partial charge in [-0.05, 0) is 49.3 Å². The van der Waals surface area contributed by atoms with Gasteiger partial charge in [0.25, 0.3) is 0 Å². The van der Waals surface area contributed by atoms with Crippen LogP contribution in [-0.4, -0.2) is 52.6 Å². The summed E-state index contributed by atoms with van der Waals surface area (Å²) in [5.41, 5.74) is 2.53. The van der Waals surface area contributed by atoms with Crippen molar-refractivity contribution in [2.24, 2.45) is 0 Å². The van der Waals surface area contributed by atoms with Crippen LogP contribution in [0.4, 0.5) is 20.5 Å². The van der Waals surface area contributed by atoms with Crippen molar-refractivity contribution in [1.82, 2.24) is 15.0 Å². The topological polar surface area (TPSA) is 91.2 Å². The molecule has 7 nitrogen and oxygen atoms in total. The Morgan fingerprint density at radius 3 is 2.69 bits per heavy atom. The number of nitrogens with one attached hydrogen (secondary N) is 1. The minimum Gasteiger partial charge on any atom is -0.481 e. The summed E-state index contributed by atoms with van der Waals surface area (Å²) in [6.45, 7) is 0.913. The first-order valence-electron chi connectivity index (χ1n) is 11.0. The van der Waals surface area contributed by atoms with Crippen LogP contribution in [0.25, 0.3) is 0 Å². The van der Waals surface area contributed by atoms with Crippen LogP contribution >= 0.6 is 0 Å². The van der Waals surface area contributed by atoms with E-state index in [2.05, 4.69) is 26.3 Å². The summed E-state index contributed by atoms with van der Waals surface area (Å²) in [5, 5.41) is 12.5. The predicted octanol–water partition coefficient (Wildman–Crippen LogP) is 4.29. The molecule has 3 heterocycles. The number of carboxylic acid groups (broad SMARTS) is 1. The van der Waals surface area contributed by atoms with Crippen molar-refractivity contribution in [3.63, 3.8) is 0 Å². The molecule has 1 aliphatic rings. The highest BCUT2D eigenvalue weighted by Gasteiger charge is 2.34. The second kappa shape index (κ2) is 10.7. The van der Waals surface area contributed by atoms with Crippen LogP contribution in [-0.2, 0) is 17.6 Å². The average molecular weight is 448 g/mol. The molecule has 0 radical (unpaired) electrons. The number of hydrogen-bond acceptors (Lipinski definition) is 6. The Morgan fingerprint density at radius 2 is 2.00 bits per heavy atom. The molecule has 0 spiro atoms. The van der Waals surface area contributed by atoms with Gasteiger partial charge >= 0.3 is 5.97 Å². The second-order valence-electron chi connectivity index (χ2n) is 8.61. The van der Waals surface area contributed by atoms with Gasteiger partial charge in [-0.3, -0.25) is 4.79 Å². The molecule has 32 heavy (non-hydrogen) atoms. The number of rotatable bonds is 11. The molecule has 0 unspecified atom stereocenters. The van der Waals surface area contributed by atoms with Crippen molar-refractivity contribution in [2.75, 3.05) is 30.9 Å². The zero-order chi connectivity index (χ0) is 23.1. The van der Waals surface area contributed by atoms with E-state index in [0.717, 1.165) is 30.9 Å². The number of pyridine rings is 1. The van der Waals surface area contributed by atoms with Crippen LogP contribution in [0.3, 0.4) is 0 Å². The third-order valence-electron chi connectivity index (χ3n) is 5.67. The first-order valence-corrected chi connectivity index (χ1v) is 11.0. The van der Waals surface area contributed by atoms with Gasteiger partial charge in [-0.25, -0.2) is 23.7 Å². The van der Waals surface area contributed by atoms with E-state index in [9.17, 15) is 18.7 Å². The number of carboxylic acids is 1. The third-order valence-corrected chi connectivity index (χ3v) is 5.67. The number of anilines is 2. The van der Waals surface area contributed by atoms with E-state index in [4.69, 9.17) is 0 Å². The maximum absolute atomic E-state index is 14.7. The van der Waals surface area contributed by atoms with Gasteiger partial charge in [-0.2, -0.15) is 0 Å². The first kappa shape index (κ1) is 23.8. The van der Waals surface area contributed by atoms with Crippen LogP contribution in [0.1, 0.15) is 61.3 Å². The molecular weight excluding hydrogens is 416 g/mol. The molecule has 0 bridgehead atoms. The molecule has 0 fully saturated rings. The minimum absolute atomic E-state index is 0.289. The van der Waals surface area contributed by atoms with E-state index in [1.54, 1.807) is 19.0 Å². The van der Waals surface area contributed by atoms with Crippen LogP contribution in [0, 0.1) is 0 Å². The monoisotopic (exact) mass is 447 g/mol. The van der Waals surface area contributed by atoms with E-state index in [0.29, 0.717) is 30.8 Å². The first-order chi connectivity index (χ1) is 15.2. The standard InChI is InChI=1S/C23H31F2N5O2/c1-30(2)22-27-14-18(15-28-22)17(12-20(31)32)13-23(24,25)10-4-3-7-19-9-8-16-6-5-11-26-21(16)29-19/h8-9,14-15,17H,3-7,10-13H2,1-2H3,(H,26,29)(H,31,32)/t17-/m0/s1. The molecule has 2 aromatic heterocycles. The summed E-state index contributed by atoms with van der Waals surface area (Å²) < 4.78 is 29.4. The number of fused-ring (bicyclic) bond motifs is 1. The Kier molecular flexibility index (Phi) is 7.93. The number of aliphatic carboxylic acids is 1. The number of unbranched alkanes of at least 4 members (excludes halogenated alkanes) is 1. The van der Waals surface area contributed by atoms with Gasteiger partial charge in [0.05, 0.1) is 6.42 Å². The molecule has 2 N–H and O–H groups in total. The van der Waals surface area contributed by atoms with Gasteiger partial charge in [0.1, 0.15) is 5.82 Å². The Labute approximate surface area is 187 Å². The van der Waals surface area contributed by atoms with E-state index >= 15 is 0 Å². The molecule has 1 aliphatic heterocycles. The number of carbonyl (C=O) groups is 1. The van der Waals surface area contributed by atoms with Gasteiger partial charge in [0.15, 0.2) is 0 Å². The number of hydrogen-bond donors (Lipinski definition) is 2. The fourth-order valence-corrected chi connectivity index (χ4v) is 3.95. The smallest absolute Gasteiger partial charge is 0.303 e. The van der Waals surface area contributed by atoms with Gasteiger partial charge < -0.3 is 15.3 Å². The Balaban J connectivity index is 1.53. The van der Waals surface area contributed by atoms with Crippen molar-refractivity contribution in [3.8, 4) is 0 Å². The summed E-state index contributed by atoms with van der Waals surface area (Å²) in [5.74, 6) is -3.56. The maximum atomic E-state index is 14.7. The summed E-state index contributed by atoms with van der Waals surface area (Å²) >= 11 is 0. The molecule has 2 aromatic rings. The second-order valence-corrected chi connectivity index (χ2v) is 8.61. The summed E-state index contributed by atoms with van der Waals surface area (Å²) in [7, 11) is 3.54. The predicted molar refractivity (Wildman–Crippen MR) is 120 cm³/mol. The lowest BCUT2D eigenvalue weighted by Crippen LogP contribution is -2.22. The normalized spacial score (nSPS) is 14.4. The van der Waals surface area contributed by atoms with E-state index < -0.39 is 24.2 Å². The highest BCUT2D eigenvalue weighted by molar-refractivity contribution is 5.68. The van der Waals surface area contributed by atoms with E-state index in [1.165, 1.54) is 18.0 Å². The van der Waals surface area contributed by atoms with Crippen LogP contribution in [0.5, 0.6) is 0 Å². The molecule has 0 amide bonds. The molecule has 0 saturated heterocycles. The number of aryl methyl sites for hydroxylation is 2. The number of halogens is 2. The van der Waals surface area contributed by atoms with Crippen molar-refractivity contribution in [3.05, 3.63) is 41.3 Å². The molecule has 0 saturated carbocycles. The van der Waals surface area contributed by atoms with Crippen molar-refractivity contribution >= 4 is 17.7 Å². The minimum atomic E-state index is -2.97. The Hall–Kier alpha value is -2.84. The van der Waals surface area contributed by atoms with Crippen molar-refractivity contribution in [2.45, 2.75) is 63.2 Å². The summed E-state index contributed by atoms with van der Waals surface area (Å²) in [6.07, 6.45) is 5.38. The highest BCUT2D eigenvalue weighted by atomic mass is 19.3. The zero-order valence-electron chi connectivity index (χ0n) is 18.7. The molecule has 0 aliphatic carbocycles. The quantitative estimate of drug-likeness (QED) is 0.497. The molecule has 9 heteroatoms. The summed E-state index contributed by atoms with van der Waals surface area (Å²) in [6, 6.07) is 4.04. The van der Waals surface area contributed by atoms with Gasteiger partial charge in [-0.1, -0.05) is 6.07 Å². The largest absolute Gasteiger partial charge is 0.481 e. The summed E-state index contributed by atoms with van der Waals surface area (Å²) in [4.78, 5) is 25.8. The van der Waals surface area contributed by atoms with Crippen molar-refractivity contribution in [1.29, 1.82) is 0 Å².